The molecule has 1 unspecified atom stereocenters. The van der Waals surface area contributed by atoms with Crippen molar-refractivity contribution in [3.8, 4) is 16.9 Å². The molecule has 1 atom stereocenters. The molecule has 0 fully saturated rings. The molecule has 36 heavy (non-hydrogen) atoms. The first-order chi connectivity index (χ1) is 16.9. The molecule has 0 aliphatic heterocycles. The highest BCUT2D eigenvalue weighted by Gasteiger charge is 2.27. The van der Waals surface area contributed by atoms with Gasteiger partial charge in [-0.3, -0.25) is 0 Å². The van der Waals surface area contributed by atoms with Gasteiger partial charge in [-0.1, -0.05) is 30.3 Å². The molecule has 2 aromatic carbocycles. The zero-order valence-electron chi connectivity index (χ0n) is 20.5. The average molecular weight is 516 g/mol. The minimum Gasteiger partial charge on any atom is -0.490 e. The standard InChI is InChI=1S/C26H29NO8S/c1-17(27-25(30)35-26(2,3)4)14-34-23-21(18-12-13-33-15-18)11-10-19(22(23)24(28)29)16-36(31,32)20-8-6-5-7-9-20/h5-13,15,17H,14,16H2,1-4H3,(H,27,30)(H,28,29). The van der Waals surface area contributed by atoms with Crippen LogP contribution in [0.5, 0.6) is 5.75 Å². The Hall–Kier alpha value is -3.79. The molecular formula is C26H29NO8S. The summed E-state index contributed by atoms with van der Waals surface area (Å²) in [6, 6.07) is 11.9. The van der Waals surface area contributed by atoms with E-state index in [2.05, 4.69) is 5.32 Å². The smallest absolute Gasteiger partial charge is 0.407 e. The maximum atomic E-state index is 13.0. The van der Waals surface area contributed by atoms with Gasteiger partial charge in [0.2, 0.25) is 0 Å². The largest absolute Gasteiger partial charge is 0.490 e. The van der Waals surface area contributed by atoms with Gasteiger partial charge >= 0.3 is 12.1 Å². The number of amides is 1. The number of hydrogen-bond donors (Lipinski definition) is 2. The third kappa shape index (κ3) is 6.88. The molecule has 2 N–H and O–H groups in total. The molecule has 10 heteroatoms. The van der Waals surface area contributed by atoms with Gasteiger partial charge in [0.1, 0.15) is 23.5 Å². The Labute approximate surface area is 210 Å². The van der Waals surface area contributed by atoms with Gasteiger partial charge in [-0.25, -0.2) is 18.0 Å². The zero-order chi connectivity index (χ0) is 26.5. The Morgan fingerprint density at radius 3 is 2.36 bits per heavy atom. The summed E-state index contributed by atoms with van der Waals surface area (Å²) < 4.78 is 42.3. The lowest BCUT2D eigenvalue weighted by molar-refractivity contribution is 0.0491. The van der Waals surface area contributed by atoms with Crippen LogP contribution in [0.4, 0.5) is 4.79 Å². The van der Waals surface area contributed by atoms with Crippen LogP contribution in [0.1, 0.15) is 43.6 Å². The van der Waals surface area contributed by atoms with Gasteiger partial charge in [0.15, 0.2) is 9.84 Å². The lowest BCUT2D eigenvalue weighted by atomic mass is 9.99. The number of benzene rings is 2. The van der Waals surface area contributed by atoms with Gasteiger partial charge < -0.3 is 24.3 Å². The van der Waals surface area contributed by atoms with E-state index in [-0.39, 0.29) is 28.4 Å². The lowest BCUT2D eigenvalue weighted by Gasteiger charge is -2.23. The van der Waals surface area contributed by atoms with E-state index >= 15 is 0 Å². The van der Waals surface area contributed by atoms with Crippen molar-refractivity contribution in [2.24, 2.45) is 0 Å². The van der Waals surface area contributed by atoms with Gasteiger partial charge in [-0.15, -0.1) is 0 Å². The molecule has 1 heterocycles. The highest BCUT2D eigenvalue weighted by atomic mass is 32.2. The van der Waals surface area contributed by atoms with Crippen molar-refractivity contribution in [1.29, 1.82) is 0 Å². The summed E-state index contributed by atoms with van der Waals surface area (Å²) in [5.41, 5.74) is 0.0666. The summed E-state index contributed by atoms with van der Waals surface area (Å²) >= 11 is 0. The number of aromatic carboxylic acids is 1. The predicted molar refractivity (Wildman–Crippen MR) is 133 cm³/mol. The van der Waals surface area contributed by atoms with E-state index in [1.807, 2.05) is 0 Å². The minimum absolute atomic E-state index is 0.0255. The van der Waals surface area contributed by atoms with Crippen molar-refractivity contribution >= 4 is 21.9 Å². The maximum Gasteiger partial charge on any atom is 0.407 e. The van der Waals surface area contributed by atoms with Crippen LogP contribution >= 0.6 is 0 Å². The Morgan fingerprint density at radius 1 is 1.08 bits per heavy atom. The number of sulfone groups is 1. The number of carboxylic acid groups (broad SMARTS) is 1. The van der Waals surface area contributed by atoms with Gasteiger partial charge in [-0.2, -0.15) is 0 Å². The molecular weight excluding hydrogens is 486 g/mol. The Bertz CT molecular complexity index is 1310. The van der Waals surface area contributed by atoms with Crippen LogP contribution in [0.3, 0.4) is 0 Å². The van der Waals surface area contributed by atoms with Crippen molar-refractivity contribution in [2.75, 3.05) is 6.61 Å². The van der Waals surface area contributed by atoms with Crippen LogP contribution in [-0.2, 0) is 20.3 Å². The average Bonchev–Trinajstić information content (AvgIpc) is 3.31. The first-order valence-corrected chi connectivity index (χ1v) is 12.8. The number of rotatable bonds is 9. The number of carbonyl (C=O) groups is 2. The third-order valence-electron chi connectivity index (χ3n) is 4.98. The molecule has 9 nitrogen and oxygen atoms in total. The van der Waals surface area contributed by atoms with Crippen molar-refractivity contribution in [3.05, 3.63) is 72.2 Å². The number of nitrogens with one attached hydrogen (secondary N) is 1. The quantitative estimate of drug-likeness (QED) is 0.411. The summed E-state index contributed by atoms with van der Waals surface area (Å²) in [7, 11) is -3.83. The molecule has 0 aliphatic carbocycles. The second-order valence-corrected chi connectivity index (χ2v) is 11.2. The van der Waals surface area contributed by atoms with Crippen LogP contribution in [-0.4, -0.2) is 43.8 Å². The molecule has 3 rings (SSSR count). The highest BCUT2D eigenvalue weighted by molar-refractivity contribution is 7.90. The monoisotopic (exact) mass is 515 g/mol. The number of furan rings is 1. The molecule has 1 amide bonds. The topological polar surface area (TPSA) is 132 Å². The second kappa shape index (κ2) is 10.9. The van der Waals surface area contributed by atoms with E-state index in [0.29, 0.717) is 11.1 Å². The summed E-state index contributed by atoms with van der Waals surface area (Å²) in [5.74, 6) is -1.91. The number of carbonyl (C=O) groups excluding carboxylic acids is 1. The first kappa shape index (κ1) is 26.8. The number of ether oxygens (including phenoxy) is 2. The third-order valence-corrected chi connectivity index (χ3v) is 6.66. The first-order valence-electron chi connectivity index (χ1n) is 11.2. The number of hydrogen-bond acceptors (Lipinski definition) is 7. The van der Waals surface area contributed by atoms with E-state index in [1.165, 1.54) is 30.7 Å². The van der Waals surface area contributed by atoms with Crippen LogP contribution in [0.25, 0.3) is 11.1 Å². The predicted octanol–water partition coefficient (Wildman–Crippen LogP) is 4.91. The summed E-state index contributed by atoms with van der Waals surface area (Å²) in [5, 5.41) is 12.7. The number of carboxylic acids is 1. The molecule has 1 aromatic heterocycles. The van der Waals surface area contributed by atoms with Crippen LogP contribution < -0.4 is 10.1 Å². The maximum absolute atomic E-state index is 13.0. The fraction of sp³-hybridized carbons (Fsp3) is 0.308. The fourth-order valence-corrected chi connectivity index (χ4v) is 4.84. The summed E-state index contributed by atoms with van der Waals surface area (Å²) in [6.07, 6.45) is 2.21. The van der Waals surface area contributed by atoms with Crippen LogP contribution in [0, 0.1) is 0 Å². The van der Waals surface area contributed by atoms with Crippen molar-refractivity contribution in [1.82, 2.24) is 5.32 Å². The van der Waals surface area contributed by atoms with Gasteiger partial charge in [0.05, 0.1) is 29.2 Å². The van der Waals surface area contributed by atoms with E-state index in [0.717, 1.165) is 0 Å². The lowest BCUT2D eigenvalue weighted by Crippen LogP contribution is -2.40. The van der Waals surface area contributed by atoms with E-state index in [4.69, 9.17) is 13.9 Å². The van der Waals surface area contributed by atoms with Crippen molar-refractivity contribution < 1.29 is 37.0 Å². The molecule has 0 radical (unpaired) electrons. The van der Waals surface area contributed by atoms with E-state index < -0.39 is 39.3 Å². The molecule has 0 saturated heterocycles. The van der Waals surface area contributed by atoms with Gasteiger partial charge in [0.25, 0.3) is 0 Å². The normalized spacial score (nSPS) is 12.6. The van der Waals surface area contributed by atoms with Gasteiger partial charge in [-0.05, 0) is 51.5 Å². The van der Waals surface area contributed by atoms with Crippen LogP contribution in [0.2, 0.25) is 0 Å². The Balaban J connectivity index is 1.96. The summed E-state index contributed by atoms with van der Waals surface area (Å²) in [4.78, 5) is 24.6. The molecule has 0 spiro atoms. The minimum atomic E-state index is -3.83. The Kier molecular flexibility index (Phi) is 8.09. The molecule has 192 valence electrons. The fourth-order valence-electron chi connectivity index (χ4n) is 3.45. The SMILES string of the molecule is CC(COc1c(-c2ccoc2)ccc(CS(=O)(=O)c2ccccc2)c1C(=O)O)NC(=O)OC(C)(C)C. The van der Waals surface area contributed by atoms with Crippen LogP contribution in [0.15, 0.2) is 70.4 Å². The van der Waals surface area contributed by atoms with Crippen molar-refractivity contribution in [3.63, 3.8) is 0 Å². The van der Waals surface area contributed by atoms with E-state index in [9.17, 15) is 23.1 Å². The highest BCUT2D eigenvalue weighted by Crippen LogP contribution is 2.37. The van der Waals surface area contributed by atoms with Crippen molar-refractivity contribution in [2.45, 2.75) is 50.0 Å². The zero-order valence-corrected chi connectivity index (χ0v) is 21.3. The molecule has 0 saturated carbocycles. The molecule has 0 aliphatic rings. The molecule has 0 bridgehead atoms. The number of alkyl carbamates (subject to hydrolysis) is 1. The second-order valence-electron chi connectivity index (χ2n) is 9.22. The van der Waals surface area contributed by atoms with E-state index in [1.54, 1.807) is 58.0 Å². The summed E-state index contributed by atoms with van der Waals surface area (Å²) in [6.45, 7) is 6.78. The van der Waals surface area contributed by atoms with Gasteiger partial charge in [0, 0.05) is 11.1 Å². The Morgan fingerprint density at radius 2 is 1.78 bits per heavy atom. The molecule has 3 aromatic rings.